The van der Waals surface area contributed by atoms with Crippen molar-refractivity contribution in [2.24, 2.45) is 0 Å². The van der Waals surface area contributed by atoms with Gasteiger partial charge in [0.1, 0.15) is 23.7 Å². The number of carbonyl (C=O) groups excluding carboxylic acids is 1. The highest BCUT2D eigenvalue weighted by Crippen LogP contribution is 2.34. The summed E-state index contributed by atoms with van der Waals surface area (Å²) in [7, 11) is 4.89. The summed E-state index contributed by atoms with van der Waals surface area (Å²) in [6, 6.07) is 7.70. The first kappa shape index (κ1) is 32.2. The number of hydrogen-bond acceptors (Lipinski definition) is 9. The maximum atomic E-state index is 14.1. The fraction of sp³-hybridized carbons (Fsp3) is 0.448. The molecule has 2 aliphatic heterocycles. The molecule has 2 aromatic heterocycles. The maximum Gasteiger partial charge on any atom is 0.423 e. The second-order valence-electron chi connectivity index (χ2n) is 11.0. The van der Waals surface area contributed by atoms with E-state index in [0.717, 1.165) is 17.1 Å². The van der Waals surface area contributed by atoms with E-state index in [2.05, 4.69) is 25.6 Å². The van der Waals surface area contributed by atoms with Gasteiger partial charge in [0, 0.05) is 30.9 Å². The zero-order valence-corrected chi connectivity index (χ0v) is 25.6. The fourth-order valence-electron chi connectivity index (χ4n) is 5.23. The molecular formula is C29H31F4N6O5Si. The van der Waals surface area contributed by atoms with Gasteiger partial charge in [-0.05, 0) is 24.6 Å². The number of anilines is 2. The summed E-state index contributed by atoms with van der Waals surface area (Å²) in [5.74, 6) is 0.851. The van der Waals surface area contributed by atoms with Crippen molar-refractivity contribution < 1.29 is 36.6 Å². The van der Waals surface area contributed by atoms with Crippen molar-refractivity contribution in [2.75, 3.05) is 56.8 Å². The molecule has 0 aliphatic carbocycles. The van der Waals surface area contributed by atoms with E-state index in [1.807, 2.05) is 4.90 Å². The number of aromatic nitrogens is 3. The largest absolute Gasteiger partial charge is 0.497 e. The van der Waals surface area contributed by atoms with E-state index in [-0.39, 0.29) is 44.7 Å². The minimum Gasteiger partial charge on any atom is -0.497 e. The number of methoxy groups -OCH3 is 1. The standard InChI is InChI=1S/C29H31F4N6O5Si/c1-28(45,36-22-13-35-39(27(41)25(22)29(31,32)33)14-18-3-5-21(42-2)6-4-18)17-43-10-7-24(40)37-8-9-38-20(15-37)16-44-23-11-19(30)12-34-26(23)38/h3-6,11-13,20,36H,7-10,14-17H2,1-2H3. The van der Waals surface area contributed by atoms with E-state index >= 15 is 0 Å². The third-order valence-electron chi connectivity index (χ3n) is 7.42. The molecule has 16 heteroatoms. The first-order valence-corrected chi connectivity index (χ1v) is 14.6. The molecule has 3 aromatic rings. The van der Waals surface area contributed by atoms with Crippen molar-refractivity contribution in [3.8, 4) is 11.5 Å². The second-order valence-corrected chi connectivity index (χ2v) is 12.1. The van der Waals surface area contributed by atoms with E-state index in [0.29, 0.717) is 42.5 Å². The predicted molar refractivity (Wildman–Crippen MR) is 156 cm³/mol. The van der Waals surface area contributed by atoms with Gasteiger partial charge < -0.3 is 29.3 Å². The molecule has 2 unspecified atom stereocenters. The molecule has 4 heterocycles. The highest BCUT2D eigenvalue weighted by Gasteiger charge is 2.40. The molecule has 0 spiro atoms. The Balaban J connectivity index is 1.15. The summed E-state index contributed by atoms with van der Waals surface area (Å²) >= 11 is 0. The molecule has 45 heavy (non-hydrogen) atoms. The summed E-state index contributed by atoms with van der Waals surface area (Å²) in [4.78, 5) is 33.6. The Morgan fingerprint density at radius 1 is 1.20 bits per heavy atom. The number of halogens is 4. The number of ether oxygens (including phenoxy) is 3. The smallest absolute Gasteiger partial charge is 0.423 e. The topological polar surface area (TPSA) is 111 Å². The van der Waals surface area contributed by atoms with Gasteiger partial charge in [-0.3, -0.25) is 9.59 Å². The number of benzene rings is 1. The summed E-state index contributed by atoms with van der Waals surface area (Å²) in [6.07, 6.45) is -2.83. The van der Waals surface area contributed by atoms with Crippen LogP contribution in [0, 0.1) is 5.82 Å². The van der Waals surface area contributed by atoms with E-state index in [9.17, 15) is 27.2 Å². The second kappa shape index (κ2) is 13.0. The normalized spacial score (nSPS) is 17.5. The van der Waals surface area contributed by atoms with Crippen molar-refractivity contribution in [3.05, 3.63) is 70.0 Å². The first-order valence-electron chi connectivity index (χ1n) is 14.1. The zero-order chi connectivity index (χ0) is 32.4. The minimum atomic E-state index is -4.96. The van der Waals surface area contributed by atoms with E-state index in [1.54, 1.807) is 29.2 Å². The summed E-state index contributed by atoms with van der Waals surface area (Å²) in [5, 5.41) is 5.39. The maximum absolute atomic E-state index is 14.1. The number of pyridine rings is 1. The molecular weight excluding hydrogens is 616 g/mol. The minimum absolute atomic E-state index is 0.0134. The molecule has 2 aliphatic rings. The van der Waals surface area contributed by atoms with Gasteiger partial charge in [0.2, 0.25) is 5.91 Å². The summed E-state index contributed by atoms with van der Waals surface area (Å²) in [5.41, 5.74) is -2.63. The molecule has 0 saturated carbocycles. The Kier molecular flexibility index (Phi) is 9.34. The monoisotopic (exact) mass is 647 g/mol. The lowest BCUT2D eigenvalue weighted by Crippen LogP contribution is -2.58. The van der Waals surface area contributed by atoms with Crippen LogP contribution in [-0.4, -0.2) is 93.6 Å². The Hall–Kier alpha value is -4.18. The number of carbonyl (C=O) groups is 1. The Bertz CT molecular complexity index is 1590. The molecule has 5 rings (SSSR count). The quantitative estimate of drug-likeness (QED) is 0.202. The SMILES string of the molecule is COc1ccc(Cn2ncc(NC(C)([Si])COCCC(=O)N3CCN4c5ncc(F)cc5OCC4C3)c(C(F)(F)F)c2=O)cc1. The van der Waals surface area contributed by atoms with Crippen molar-refractivity contribution >= 4 is 27.7 Å². The molecule has 11 nitrogen and oxygen atoms in total. The van der Waals surface area contributed by atoms with Gasteiger partial charge in [0.15, 0.2) is 11.6 Å². The number of nitrogens with zero attached hydrogens (tertiary/aromatic N) is 5. The molecule has 1 aromatic carbocycles. The van der Waals surface area contributed by atoms with E-state index in [4.69, 9.17) is 14.2 Å². The van der Waals surface area contributed by atoms with Gasteiger partial charge in [0.05, 0.1) is 67.7 Å². The number of amides is 1. The fourth-order valence-corrected chi connectivity index (χ4v) is 5.46. The van der Waals surface area contributed by atoms with E-state index < -0.39 is 34.0 Å². The van der Waals surface area contributed by atoms with Crippen LogP contribution in [0.3, 0.4) is 0 Å². The lowest BCUT2D eigenvalue weighted by molar-refractivity contribution is -0.138. The van der Waals surface area contributed by atoms with Gasteiger partial charge in [0.25, 0.3) is 5.56 Å². The van der Waals surface area contributed by atoms with Crippen molar-refractivity contribution in [3.63, 3.8) is 0 Å². The number of hydrogen-bond donors (Lipinski definition) is 1. The molecule has 1 N–H and O–H groups in total. The van der Waals surface area contributed by atoms with Crippen molar-refractivity contribution in [1.82, 2.24) is 19.7 Å². The van der Waals surface area contributed by atoms with Crippen LogP contribution in [0.4, 0.5) is 29.1 Å². The third-order valence-corrected chi connectivity index (χ3v) is 7.69. The molecule has 1 fully saturated rings. The van der Waals surface area contributed by atoms with Gasteiger partial charge in [-0.15, -0.1) is 0 Å². The number of piperazine rings is 1. The average molecular weight is 648 g/mol. The Labute approximate surface area is 259 Å². The van der Waals surface area contributed by atoms with Gasteiger partial charge in [-0.2, -0.15) is 18.3 Å². The van der Waals surface area contributed by atoms with Crippen LogP contribution in [0.25, 0.3) is 0 Å². The van der Waals surface area contributed by atoms with Crippen LogP contribution in [0.1, 0.15) is 24.5 Å². The summed E-state index contributed by atoms with van der Waals surface area (Å²) < 4.78 is 72.8. The third kappa shape index (κ3) is 7.55. The van der Waals surface area contributed by atoms with Crippen LogP contribution >= 0.6 is 0 Å². The van der Waals surface area contributed by atoms with Gasteiger partial charge >= 0.3 is 6.18 Å². The highest BCUT2D eigenvalue weighted by atomic mass is 28.1. The molecule has 2 atom stereocenters. The molecule has 239 valence electrons. The highest BCUT2D eigenvalue weighted by molar-refractivity contribution is 6.16. The molecule has 1 amide bonds. The molecule has 0 bridgehead atoms. The van der Waals surface area contributed by atoms with Gasteiger partial charge in [-0.1, -0.05) is 12.1 Å². The van der Waals surface area contributed by atoms with Crippen LogP contribution < -0.4 is 25.2 Å². The number of rotatable bonds is 10. The molecule has 1 saturated heterocycles. The summed E-state index contributed by atoms with van der Waals surface area (Å²) in [6.45, 7) is 2.87. The lowest BCUT2D eigenvalue weighted by Gasteiger charge is -2.44. The zero-order valence-electron chi connectivity index (χ0n) is 24.6. The van der Waals surface area contributed by atoms with Crippen molar-refractivity contribution in [1.29, 1.82) is 0 Å². The molecule has 3 radical (unpaired) electrons. The van der Waals surface area contributed by atoms with Crippen LogP contribution in [0.5, 0.6) is 11.5 Å². The van der Waals surface area contributed by atoms with Crippen LogP contribution in [0.2, 0.25) is 0 Å². The Morgan fingerprint density at radius 2 is 1.96 bits per heavy atom. The van der Waals surface area contributed by atoms with E-state index in [1.165, 1.54) is 20.1 Å². The van der Waals surface area contributed by atoms with Crippen LogP contribution in [-0.2, 0) is 22.3 Å². The Morgan fingerprint density at radius 3 is 2.67 bits per heavy atom. The van der Waals surface area contributed by atoms with Gasteiger partial charge in [-0.25, -0.2) is 14.1 Å². The number of fused-ring (bicyclic) bond motifs is 3. The number of alkyl halides is 3. The first-order chi connectivity index (χ1) is 21.3. The van der Waals surface area contributed by atoms with Crippen molar-refractivity contribution in [2.45, 2.75) is 37.3 Å². The average Bonchev–Trinajstić information content (AvgIpc) is 2.99. The van der Waals surface area contributed by atoms with Crippen LogP contribution in [0.15, 0.2) is 47.5 Å². The predicted octanol–water partition coefficient (Wildman–Crippen LogP) is 2.67. The number of nitrogens with one attached hydrogen (secondary N) is 1. The lowest BCUT2D eigenvalue weighted by atomic mass is 10.1.